The number of benzene rings is 1. The summed E-state index contributed by atoms with van der Waals surface area (Å²) >= 11 is 1.72. The number of aryl methyl sites for hydroxylation is 1. The fraction of sp³-hybridized carbons (Fsp3) is 0.471. The van der Waals surface area contributed by atoms with E-state index in [4.69, 9.17) is 0 Å². The summed E-state index contributed by atoms with van der Waals surface area (Å²) in [5.74, 6) is 0.953. The van der Waals surface area contributed by atoms with Crippen LogP contribution in [0.25, 0.3) is 0 Å². The topological polar surface area (TPSA) is 24.3 Å². The largest absolute Gasteiger partial charge is 0.416 e. The number of thioether (sulfide) groups is 1. The van der Waals surface area contributed by atoms with Gasteiger partial charge in [0, 0.05) is 63.6 Å². The fourth-order valence-electron chi connectivity index (χ4n) is 2.87. The summed E-state index contributed by atoms with van der Waals surface area (Å²) in [6, 6.07) is 5.59. The van der Waals surface area contributed by atoms with E-state index in [9.17, 15) is 13.2 Å². The van der Waals surface area contributed by atoms with E-state index in [-0.39, 0.29) is 0 Å². The molecule has 1 aliphatic rings. The van der Waals surface area contributed by atoms with Crippen molar-refractivity contribution in [3.05, 3.63) is 42.2 Å². The molecule has 2 aromatic rings. The minimum Gasteiger partial charge on any atom is -0.369 e. The van der Waals surface area contributed by atoms with Crippen molar-refractivity contribution in [1.29, 1.82) is 0 Å². The third kappa shape index (κ3) is 4.70. The van der Waals surface area contributed by atoms with E-state index in [1.165, 1.54) is 12.1 Å². The second-order valence-corrected chi connectivity index (χ2v) is 7.11. The van der Waals surface area contributed by atoms with Crippen LogP contribution >= 0.6 is 11.8 Å². The van der Waals surface area contributed by atoms with Crippen LogP contribution in [0, 0.1) is 0 Å². The number of alkyl halides is 3. The highest BCUT2D eigenvalue weighted by atomic mass is 32.2. The van der Waals surface area contributed by atoms with Crippen LogP contribution in [0.15, 0.2) is 41.8 Å². The van der Waals surface area contributed by atoms with Crippen LogP contribution in [0.4, 0.5) is 18.9 Å². The highest BCUT2D eigenvalue weighted by Crippen LogP contribution is 2.31. The van der Waals surface area contributed by atoms with Gasteiger partial charge in [0.05, 0.1) is 5.56 Å². The molecule has 0 spiro atoms. The number of hydrogen-bond acceptors (Lipinski definition) is 4. The van der Waals surface area contributed by atoms with Gasteiger partial charge < -0.3 is 9.47 Å². The van der Waals surface area contributed by atoms with Crippen LogP contribution in [0.5, 0.6) is 0 Å². The average molecular weight is 370 g/mol. The summed E-state index contributed by atoms with van der Waals surface area (Å²) in [7, 11) is 1.98. The summed E-state index contributed by atoms with van der Waals surface area (Å²) in [5, 5.41) is 1.00. The molecule has 3 rings (SSSR count). The predicted octanol–water partition coefficient (Wildman–Crippen LogP) is 3.35. The van der Waals surface area contributed by atoms with Gasteiger partial charge in [-0.25, -0.2) is 4.98 Å². The van der Waals surface area contributed by atoms with E-state index >= 15 is 0 Å². The number of piperazine rings is 1. The lowest BCUT2D eigenvalue weighted by Crippen LogP contribution is -2.47. The minimum atomic E-state index is -4.29. The van der Waals surface area contributed by atoms with E-state index in [1.807, 2.05) is 22.7 Å². The SMILES string of the molecule is Cn1ccnc1SCCN1CCN(c2cccc(C(F)(F)F)c2)CC1. The Balaban J connectivity index is 1.48. The van der Waals surface area contributed by atoms with E-state index in [1.54, 1.807) is 24.0 Å². The number of nitrogens with zero attached hydrogens (tertiary/aromatic N) is 4. The molecule has 4 nitrogen and oxygen atoms in total. The fourth-order valence-corrected chi connectivity index (χ4v) is 3.80. The van der Waals surface area contributed by atoms with E-state index in [0.717, 1.165) is 49.7 Å². The molecule has 1 aliphatic heterocycles. The normalized spacial score (nSPS) is 16.4. The molecule has 1 aromatic carbocycles. The molecule has 0 bridgehead atoms. The first-order valence-electron chi connectivity index (χ1n) is 8.18. The lowest BCUT2D eigenvalue weighted by Gasteiger charge is -2.36. The average Bonchev–Trinajstić information content (AvgIpc) is 3.00. The zero-order valence-electron chi connectivity index (χ0n) is 14.0. The maximum Gasteiger partial charge on any atom is 0.416 e. The minimum absolute atomic E-state index is 0.584. The van der Waals surface area contributed by atoms with Gasteiger partial charge in [-0.1, -0.05) is 17.8 Å². The monoisotopic (exact) mass is 370 g/mol. The summed E-state index contributed by atoms with van der Waals surface area (Å²) in [6.07, 6.45) is -0.577. The van der Waals surface area contributed by atoms with Crippen molar-refractivity contribution < 1.29 is 13.2 Å². The molecular weight excluding hydrogens is 349 g/mol. The van der Waals surface area contributed by atoms with Gasteiger partial charge in [0.1, 0.15) is 0 Å². The maximum absolute atomic E-state index is 12.8. The molecule has 0 atom stereocenters. The lowest BCUT2D eigenvalue weighted by atomic mass is 10.1. The number of imidazole rings is 1. The smallest absolute Gasteiger partial charge is 0.369 e. The van der Waals surface area contributed by atoms with Gasteiger partial charge in [-0.05, 0) is 18.2 Å². The number of rotatable bonds is 5. The second-order valence-electron chi connectivity index (χ2n) is 6.05. The van der Waals surface area contributed by atoms with Gasteiger partial charge in [0.2, 0.25) is 0 Å². The summed E-state index contributed by atoms with van der Waals surface area (Å²) in [4.78, 5) is 8.66. The van der Waals surface area contributed by atoms with Crippen LogP contribution in [0.2, 0.25) is 0 Å². The van der Waals surface area contributed by atoms with Crippen LogP contribution < -0.4 is 4.90 Å². The van der Waals surface area contributed by atoms with E-state index in [0.29, 0.717) is 5.69 Å². The summed E-state index contributed by atoms with van der Waals surface area (Å²) in [6.45, 7) is 4.16. The van der Waals surface area contributed by atoms with Crippen molar-refractivity contribution in [3.63, 3.8) is 0 Å². The van der Waals surface area contributed by atoms with Crippen molar-refractivity contribution in [2.45, 2.75) is 11.3 Å². The zero-order chi connectivity index (χ0) is 17.9. The second kappa shape index (κ2) is 7.70. The lowest BCUT2D eigenvalue weighted by molar-refractivity contribution is -0.137. The number of hydrogen-bond donors (Lipinski definition) is 0. The Hall–Kier alpha value is -1.67. The molecule has 0 unspecified atom stereocenters. The van der Waals surface area contributed by atoms with E-state index in [2.05, 4.69) is 9.88 Å². The first kappa shape index (κ1) is 18.1. The maximum atomic E-state index is 12.8. The van der Waals surface area contributed by atoms with Crippen molar-refractivity contribution in [2.75, 3.05) is 43.4 Å². The molecule has 0 saturated carbocycles. The Bertz CT molecular complexity index is 693. The molecule has 0 aliphatic carbocycles. The van der Waals surface area contributed by atoms with Gasteiger partial charge in [-0.2, -0.15) is 13.2 Å². The number of halogens is 3. The first-order chi connectivity index (χ1) is 11.9. The van der Waals surface area contributed by atoms with Gasteiger partial charge >= 0.3 is 6.18 Å². The van der Waals surface area contributed by atoms with Crippen molar-refractivity contribution in [1.82, 2.24) is 14.5 Å². The molecule has 0 N–H and O–H groups in total. The van der Waals surface area contributed by atoms with Gasteiger partial charge in [-0.3, -0.25) is 4.90 Å². The van der Waals surface area contributed by atoms with Crippen molar-refractivity contribution in [3.8, 4) is 0 Å². The molecule has 2 heterocycles. The molecule has 1 fully saturated rings. The molecule has 1 saturated heterocycles. The Labute approximate surface area is 149 Å². The quantitative estimate of drug-likeness (QED) is 0.754. The van der Waals surface area contributed by atoms with Gasteiger partial charge in [0.15, 0.2) is 5.16 Å². The third-order valence-corrected chi connectivity index (χ3v) is 5.36. The summed E-state index contributed by atoms with van der Waals surface area (Å²) < 4.78 is 40.5. The Morgan fingerprint density at radius 1 is 1.16 bits per heavy atom. The molecule has 8 heteroatoms. The van der Waals surface area contributed by atoms with Crippen molar-refractivity contribution >= 4 is 17.4 Å². The number of aromatic nitrogens is 2. The first-order valence-corrected chi connectivity index (χ1v) is 9.17. The van der Waals surface area contributed by atoms with Gasteiger partial charge in [-0.15, -0.1) is 0 Å². The predicted molar refractivity (Wildman–Crippen MR) is 94.0 cm³/mol. The van der Waals surface area contributed by atoms with Gasteiger partial charge in [0.25, 0.3) is 0 Å². The van der Waals surface area contributed by atoms with Crippen LogP contribution in [0.1, 0.15) is 5.56 Å². The Kier molecular flexibility index (Phi) is 5.58. The van der Waals surface area contributed by atoms with Crippen LogP contribution in [0.3, 0.4) is 0 Å². The molecule has 0 amide bonds. The zero-order valence-corrected chi connectivity index (χ0v) is 14.9. The standard InChI is InChI=1S/C17H21F3N4S/c1-22-6-5-21-16(22)25-12-11-23-7-9-24(10-8-23)15-4-2-3-14(13-15)17(18,19)20/h2-6,13H,7-12H2,1H3. The highest BCUT2D eigenvalue weighted by Gasteiger charge is 2.31. The number of anilines is 1. The molecule has 25 heavy (non-hydrogen) atoms. The Morgan fingerprint density at radius 2 is 1.92 bits per heavy atom. The van der Waals surface area contributed by atoms with Crippen molar-refractivity contribution in [2.24, 2.45) is 7.05 Å². The third-order valence-electron chi connectivity index (χ3n) is 4.33. The van der Waals surface area contributed by atoms with Crippen LogP contribution in [-0.4, -0.2) is 52.9 Å². The van der Waals surface area contributed by atoms with E-state index < -0.39 is 11.7 Å². The Morgan fingerprint density at radius 3 is 2.56 bits per heavy atom. The molecule has 136 valence electrons. The molecule has 0 radical (unpaired) electrons. The molecule has 1 aromatic heterocycles. The van der Waals surface area contributed by atoms with Crippen LogP contribution in [-0.2, 0) is 13.2 Å². The summed E-state index contributed by atoms with van der Waals surface area (Å²) in [5.41, 5.74) is 0.0655. The highest BCUT2D eigenvalue weighted by molar-refractivity contribution is 7.99. The molecular formula is C17H21F3N4S.